The van der Waals surface area contributed by atoms with Crippen LogP contribution in [0.15, 0.2) is 17.9 Å². The predicted octanol–water partition coefficient (Wildman–Crippen LogP) is 2.19. The van der Waals surface area contributed by atoms with Gasteiger partial charge in [-0.1, -0.05) is 5.73 Å². The van der Waals surface area contributed by atoms with Crippen LogP contribution in [-0.4, -0.2) is 6.43 Å². The summed E-state index contributed by atoms with van der Waals surface area (Å²) in [6, 6.07) is 0. The molecule has 0 amide bonds. The molecule has 0 nitrogen and oxygen atoms in total. The normalized spacial score (nSPS) is 8.62. The van der Waals surface area contributed by atoms with Crippen molar-refractivity contribution in [3.05, 3.63) is 17.9 Å². The van der Waals surface area contributed by atoms with Crippen molar-refractivity contribution < 1.29 is 17.6 Å². The molecule has 0 aromatic carbocycles. The average molecular weight is 126 g/mol. The van der Waals surface area contributed by atoms with Crippen molar-refractivity contribution in [2.24, 2.45) is 0 Å². The zero-order chi connectivity index (χ0) is 6.57. The number of allylic oxidation sites excluding steroid dienone is 1. The van der Waals surface area contributed by atoms with Crippen molar-refractivity contribution in [2.75, 3.05) is 0 Å². The lowest BCUT2D eigenvalue weighted by molar-refractivity contribution is 0.159. The second-order valence-corrected chi connectivity index (χ2v) is 0.902. The van der Waals surface area contributed by atoms with E-state index in [0.29, 0.717) is 0 Å². The molecule has 0 aromatic heterocycles. The summed E-state index contributed by atoms with van der Waals surface area (Å²) < 4.78 is 44.0. The highest BCUT2D eigenvalue weighted by Crippen LogP contribution is 2.06. The third kappa shape index (κ3) is 2.42. The second-order valence-electron chi connectivity index (χ2n) is 0.902. The summed E-state index contributed by atoms with van der Waals surface area (Å²) in [4.78, 5) is 0. The molecule has 0 spiro atoms. The number of halogens is 4. The topological polar surface area (TPSA) is 0 Å². The van der Waals surface area contributed by atoms with E-state index >= 15 is 0 Å². The maximum absolute atomic E-state index is 11.3. The average Bonchev–Trinajstić information content (AvgIpc) is 1.67. The minimum atomic E-state index is -3.26. The SMILES string of the molecule is FC=C=C(F)C(F)F. The van der Waals surface area contributed by atoms with Gasteiger partial charge in [-0.2, -0.15) is 4.39 Å². The van der Waals surface area contributed by atoms with Crippen molar-refractivity contribution >= 4 is 0 Å². The smallest absolute Gasteiger partial charge is 0.206 e. The third-order valence-corrected chi connectivity index (χ3v) is 0.384. The zero-order valence-corrected chi connectivity index (χ0v) is 3.67. The Morgan fingerprint density at radius 1 is 1.50 bits per heavy atom. The highest BCUT2D eigenvalue weighted by atomic mass is 19.3. The minimum Gasteiger partial charge on any atom is -0.206 e. The summed E-state index contributed by atoms with van der Waals surface area (Å²) in [5, 5.41) is 0. The van der Waals surface area contributed by atoms with E-state index in [1.807, 2.05) is 0 Å². The van der Waals surface area contributed by atoms with Crippen molar-refractivity contribution in [3.63, 3.8) is 0 Å². The van der Waals surface area contributed by atoms with Gasteiger partial charge >= 0.3 is 0 Å². The van der Waals surface area contributed by atoms with Gasteiger partial charge < -0.3 is 0 Å². The van der Waals surface area contributed by atoms with Gasteiger partial charge in [0.15, 0.2) is 0 Å². The summed E-state index contributed by atoms with van der Waals surface area (Å²) in [6.07, 6.45) is -3.66. The number of hydrogen-bond acceptors (Lipinski definition) is 0. The summed E-state index contributed by atoms with van der Waals surface area (Å²) in [5.41, 5.74) is 1.05. The molecule has 0 aliphatic heterocycles. The number of alkyl halides is 2. The minimum absolute atomic E-state index is 0.401. The molecule has 0 radical (unpaired) electrons. The van der Waals surface area contributed by atoms with Crippen LogP contribution in [0.1, 0.15) is 0 Å². The zero-order valence-electron chi connectivity index (χ0n) is 3.67. The molecule has 0 N–H and O–H groups in total. The molecule has 0 aliphatic carbocycles. The van der Waals surface area contributed by atoms with E-state index in [2.05, 4.69) is 0 Å². The largest absolute Gasteiger partial charge is 0.296 e. The van der Waals surface area contributed by atoms with Crippen LogP contribution in [0.25, 0.3) is 0 Å². The molecule has 4 heteroatoms. The molecule has 0 atom stereocenters. The van der Waals surface area contributed by atoms with Gasteiger partial charge in [0.25, 0.3) is 6.43 Å². The van der Waals surface area contributed by atoms with Crippen LogP contribution in [0.2, 0.25) is 0 Å². The Hall–Kier alpha value is -0.760. The number of hydrogen-bond donors (Lipinski definition) is 0. The first kappa shape index (κ1) is 7.24. The maximum atomic E-state index is 11.3. The van der Waals surface area contributed by atoms with Gasteiger partial charge in [0, 0.05) is 0 Å². The Morgan fingerprint density at radius 3 is 2.12 bits per heavy atom. The van der Waals surface area contributed by atoms with Crippen LogP contribution in [0.4, 0.5) is 17.6 Å². The molecule has 0 saturated carbocycles. The molecule has 0 saturated heterocycles. The van der Waals surface area contributed by atoms with E-state index in [-0.39, 0.29) is 0 Å². The number of rotatable bonds is 1. The molecule has 0 unspecified atom stereocenters. The van der Waals surface area contributed by atoms with Crippen LogP contribution in [0, 0.1) is 0 Å². The van der Waals surface area contributed by atoms with Crippen LogP contribution >= 0.6 is 0 Å². The first-order chi connectivity index (χ1) is 3.68. The molecule has 0 rings (SSSR count). The van der Waals surface area contributed by atoms with Crippen molar-refractivity contribution in [1.29, 1.82) is 0 Å². The highest BCUT2D eigenvalue weighted by molar-refractivity contribution is 4.91. The quantitative estimate of drug-likeness (QED) is 0.373. The fourth-order valence-electron chi connectivity index (χ4n) is 0.115. The lowest BCUT2D eigenvalue weighted by Gasteiger charge is -1.84. The molecule has 0 bridgehead atoms. The Balaban J connectivity index is 4.01. The Kier molecular flexibility index (Phi) is 2.96. The van der Waals surface area contributed by atoms with Gasteiger partial charge in [-0.3, -0.25) is 0 Å². The molecule has 0 fully saturated rings. The van der Waals surface area contributed by atoms with Crippen molar-refractivity contribution in [3.8, 4) is 0 Å². The third-order valence-electron chi connectivity index (χ3n) is 0.384. The first-order valence-electron chi connectivity index (χ1n) is 1.67. The monoisotopic (exact) mass is 126 g/mol. The maximum Gasteiger partial charge on any atom is 0.296 e. The summed E-state index contributed by atoms with van der Waals surface area (Å²) >= 11 is 0. The lowest BCUT2D eigenvalue weighted by Crippen LogP contribution is -1.86. The summed E-state index contributed by atoms with van der Waals surface area (Å²) in [5.74, 6) is -1.88. The van der Waals surface area contributed by atoms with Gasteiger partial charge in [-0.15, -0.1) is 0 Å². The highest BCUT2D eigenvalue weighted by Gasteiger charge is 2.07. The van der Waals surface area contributed by atoms with Gasteiger partial charge in [0.1, 0.15) is 6.33 Å². The van der Waals surface area contributed by atoms with E-state index in [0.717, 1.165) is 5.73 Å². The van der Waals surface area contributed by atoms with Gasteiger partial charge in [0.05, 0.1) is 0 Å². The van der Waals surface area contributed by atoms with Crippen LogP contribution in [0.5, 0.6) is 0 Å². The standard InChI is InChI=1S/C4H2F4/c5-2-1-3(6)4(7)8/h2,4H. The molecule has 46 valence electrons. The predicted molar refractivity (Wildman–Crippen MR) is 19.8 cm³/mol. The van der Waals surface area contributed by atoms with E-state index in [1.54, 1.807) is 0 Å². The Bertz CT molecular complexity index is 120. The van der Waals surface area contributed by atoms with E-state index in [1.165, 1.54) is 0 Å². The molecular weight excluding hydrogens is 124 g/mol. The van der Waals surface area contributed by atoms with E-state index < -0.39 is 18.6 Å². The molecule has 8 heavy (non-hydrogen) atoms. The fourth-order valence-corrected chi connectivity index (χ4v) is 0.115. The van der Waals surface area contributed by atoms with Crippen LogP contribution < -0.4 is 0 Å². The van der Waals surface area contributed by atoms with Crippen LogP contribution in [0.3, 0.4) is 0 Å². The second kappa shape index (κ2) is 3.27. The van der Waals surface area contributed by atoms with E-state index in [9.17, 15) is 17.6 Å². The Morgan fingerprint density at radius 2 is 2.00 bits per heavy atom. The molecule has 0 aromatic rings. The summed E-state index contributed by atoms with van der Waals surface area (Å²) in [6.45, 7) is 0. The van der Waals surface area contributed by atoms with Gasteiger partial charge in [0.2, 0.25) is 5.83 Å². The Labute approximate surface area is 43.1 Å². The van der Waals surface area contributed by atoms with Gasteiger partial charge in [-0.05, 0) is 0 Å². The van der Waals surface area contributed by atoms with Crippen LogP contribution in [-0.2, 0) is 0 Å². The first-order valence-corrected chi connectivity index (χ1v) is 1.67. The molecular formula is C4H2F4. The van der Waals surface area contributed by atoms with E-state index in [4.69, 9.17) is 0 Å². The van der Waals surface area contributed by atoms with Crippen molar-refractivity contribution in [1.82, 2.24) is 0 Å². The van der Waals surface area contributed by atoms with Gasteiger partial charge in [-0.25, -0.2) is 13.2 Å². The fraction of sp³-hybridized carbons (Fsp3) is 0.250. The molecule has 0 aliphatic rings. The molecule has 0 heterocycles. The van der Waals surface area contributed by atoms with Crippen molar-refractivity contribution in [2.45, 2.75) is 6.43 Å². The summed E-state index contributed by atoms with van der Waals surface area (Å²) in [7, 11) is 0. The lowest BCUT2D eigenvalue weighted by atomic mass is 10.6.